The van der Waals surface area contributed by atoms with Crippen LogP contribution in [0.1, 0.15) is 27.9 Å². The van der Waals surface area contributed by atoms with E-state index >= 15 is 0 Å². The van der Waals surface area contributed by atoms with Gasteiger partial charge >= 0.3 is 18.4 Å². The number of halogens is 6. The summed E-state index contributed by atoms with van der Waals surface area (Å²) < 4.78 is 79.5. The molecule has 2 bridgehead atoms. The molecule has 34 heavy (non-hydrogen) atoms. The summed E-state index contributed by atoms with van der Waals surface area (Å²) in [5.41, 5.74) is -2.99. The second kappa shape index (κ2) is 7.21. The van der Waals surface area contributed by atoms with Crippen molar-refractivity contribution < 1.29 is 40.7 Å². The number of hydrogen-bond acceptors (Lipinski definition) is 3. The zero-order chi connectivity index (χ0) is 24.6. The minimum absolute atomic E-state index is 0.0817. The van der Waals surface area contributed by atoms with Crippen molar-refractivity contribution in [2.45, 2.75) is 36.9 Å². The highest BCUT2D eigenvalue weighted by Gasteiger charge is 2.63. The van der Waals surface area contributed by atoms with Crippen LogP contribution in [0.4, 0.5) is 36.8 Å². The summed E-state index contributed by atoms with van der Waals surface area (Å²) in [5.74, 6) is -1.74. The Morgan fingerprint density at radius 3 is 2.29 bits per heavy atom. The first-order valence-electron chi connectivity index (χ1n) is 10.2. The number of piperazine rings is 1. The Labute approximate surface area is 188 Å². The molecule has 0 radical (unpaired) electrons. The molecule has 3 aliphatic rings. The van der Waals surface area contributed by atoms with Crippen molar-refractivity contribution in [2.75, 3.05) is 11.4 Å². The van der Waals surface area contributed by atoms with E-state index < -0.39 is 65.0 Å². The zero-order valence-electron chi connectivity index (χ0n) is 17.1. The van der Waals surface area contributed by atoms with Gasteiger partial charge in [-0.1, -0.05) is 18.2 Å². The fourth-order valence-corrected chi connectivity index (χ4v) is 5.02. The average molecular weight is 483 g/mol. The molecule has 0 spiro atoms. The predicted molar refractivity (Wildman–Crippen MR) is 105 cm³/mol. The molecule has 0 saturated carbocycles. The number of amides is 4. The lowest BCUT2D eigenvalue weighted by atomic mass is 10.0. The van der Waals surface area contributed by atoms with E-state index in [9.17, 15) is 40.7 Å². The summed E-state index contributed by atoms with van der Waals surface area (Å²) in [5, 5.41) is 0. The van der Waals surface area contributed by atoms with Crippen molar-refractivity contribution in [3.8, 4) is 0 Å². The number of carbonyl (C=O) groups is 3. The number of anilines is 1. The summed E-state index contributed by atoms with van der Waals surface area (Å²) in [6.07, 6.45) is -9.26. The van der Waals surface area contributed by atoms with Crippen LogP contribution >= 0.6 is 0 Å². The average Bonchev–Trinajstić information content (AvgIpc) is 3.43. The van der Waals surface area contributed by atoms with Crippen LogP contribution in [0.5, 0.6) is 0 Å². The Morgan fingerprint density at radius 2 is 1.62 bits per heavy atom. The Morgan fingerprint density at radius 1 is 0.912 bits per heavy atom. The number of benzene rings is 2. The molecule has 0 aliphatic carbocycles. The normalized spacial score (nSPS) is 24.3. The summed E-state index contributed by atoms with van der Waals surface area (Å²) in [7, 11) is 0. The lowest BCUT2D eigenvalue weighted by Gasteiger charge is -2.35. The minimum atomic E-state index is -4.77. The summed E-state index contributed by atoms with van der Waals surface area (Å²) >= 11 is 0. The molecule has 12 heteroatoms. The van der Waals surface area contributed by atoms with Gasteiger partial charge in [-0.05, 0) is 36.8 Å². The highest BCUT2D eigenvalue weighted by Crippen LogP contribution is 2.44. The third-order valence-corrected chi connectivity index (χ3v) is 6.42. The van der Waals surface area contributed by atoms with Gasteiger partial charge in [0, 0.05) is 6.54 Å². The van der Waals surface area contributed by atoms with E-state index in [1.165, 1.54) is 17.0 Å². The molecule has 178 valence electrons. The first-order valence-corrected chi connectivity index (χ1v) is 10.2. The van der Waals surface area contributed by atoms with Gasteiger partial charge in [0.15, 0.2) is 0 Å². The number of urea groups is 1. The molecule has 2 aromatic rings. The standard InChI is InChI=1S/C22H15F6N3O3/c23-21(24,25)11-4-3-5-12(8-11)31-19(33)17-16-9-13(30(17)20(31)34)10-29(16)18(32)14-6-1-2-7-15(14)22(26,27)28/h1-8,13,16-17H,9-10H2/t13?,16-,17-/m1/s1. The van der Waals surface area contributed by atoms with Gasteiger partial charge in [-0.25, -0.2) is 9.69 Å². The highest BCUT2D eigenvalue weighted by molar-refractivity contribution is 6.22. The van der Waals surface area contributed by atoms with Gasteiger partial charge in [-0.3, -0.25) is 9.59 Å². The summed E-state index contributed by atoms with van der Waals surface area (Å²) in [6, 6.07) is 4.52. The number of carbonyl (C=O) groups excluding carboxylic acids is 3. The van der Waals surface area contributed by atoms with Crippen molar-refractivity contribution in [3.63, 3.8) is 0 Å². The predicted octanol–water partition coefficient (Wildman–Crippen LogP) is 4.16. The maximum atomic E-state index is 13.4. The maximum Gasteiger partial charge on any atom is 0.417 e. The topological polar surface area (TPSA) is 60.9 Å². The smallest absolute Gasteiger partial charge is 0.331 e. The molecule has 4 amide bonds. The van der Waals surface area contributed by atoms with E-state index in [1.54, 1.807) is 0 Å². The van der Waals surface area contributed by atoms with Crippen LogP contribution in [-0.2, 0) is 17.1 Å². The van der Waals surface area contributed by atoms with E-state index in [0.717, 1.165) is 35.2 Å². The maximum absolute atomic E-state index is 13.4. The second-order valence-electron chi connectivity index (χ2n) is 8.31. The molecule has 0 N–H and O–H groups in total. The molecule has 6 nitrogen and oxygen atoms in total. The van der Waals surface area contributed by atoms with Crippen LogP contribution in [0, 0.1) is 0 Å². The molecule has 3 fully saturated rings. The molecule has 0 aromatic heterocycles. The number of imide groups is 1. The van der Waals surface area contributed by atoms with Gasteiger partial charge < -0.3 is 9.80 Å². The molecular formula is C22H15F6N3O3. The molecule has 2 aromatic carbocycles. The molecule has 3 heterocycles. The van der Waals surface area contributed by atoms with E-state index in [1.807, 2.05) is 0 Å². The number of fused-ring (bicyclic) bond motifs is 5. The van der Waals surface area contributed by atoms with Crippen LogP contribution in [0.25, 0.3) is 0 Å². The van der Waals surface area contributed by atoms with Crippen molar-refractivity contribution in [3.05, 3.63) is 65.2 Å². The molecular weight excluding hydrogens is 468 g/mol. The SMILES string of the molecule is O=C1[C@H]2[C@H]3CC(CN3C(=O)c3ccccc3C(F)(F)F)N2C(=O)N1c1cccc(C(F)(F)F)c1. The first-order chi connectivity index (χ1) is 15.9. The van der Waals surface area contributed by atoms with Crippen LogP contribution < -0.4 is 4.90 Å². The van der Waals surface area contributed by atoms with E-state index in [2.05, 4.69) is 0 Å². The van der Waals surface area contributed by atoms with Crippen molar-refractivity contribution >= 4 is 23.5 Å². The number of rotatable bonds is 2. The van der Waals surface area contributed by atoms with Gasteiger partial charge in [-0.2, -0.15) is 26.3 Å². The van der Waals surface area contributed by atoms with Crippen LogP contribution in [0.2, 0.25) is 0 Å². The third kappa shape index (κ3) is 3.23. The van der Waals surface area contributed by atoms with Gasteiger partial charge in [0.2, 0.25) is 0 Å². The van der Waals surface area contributed by atoms with Crippen molar-refractivity contribution in [2.24, 2.45) is 0 Å². The molecule has 3 atom stereocenters. The lowest BCUT2D eigenvalue weighted by molar-refractivity contribution is -0.138. The lowest BCUT2D eigenvalue weighted by Crippen LogP contribution is -2.55. The Balaban J connectivity index is 1.46. The van der Waals surface area contributed by atoms with Crippen LogP contribution in [-0.4, -0.2) is 52.3 Å². The molecule has 5 rings (SSSR count). The second-order valence-corrected chi connectivity index (χ2v) is 8.31. The Kier molecular flexibility index (Phi) is 4.72. The highest BCUT2D eigenvalue weighted by atomic mass is 19.4. The first kappa shape index (κ1) is 22.2. The van der Waals surface area contributed by atoms with Crippen molar-refractivity contribution in [1.82, 2.24) is 9.80 Å². The Bertz CT molecular complexity index is 1210. The van der Waals surface area contributed by atoms with Gasteiger partial charge in [0.1, 0.15) is 6.04 Å². The van der Waals surface area contributed by atoms with E-state index in [0.29, 0.717) is 11.0 Å². The van der Waals surface area contributed by atoms with E-state index in [-0.39, 0.29) is 18.7 Å². The zero-order valence-corrected chi connectivity index (χ0v) is 17.1. The number of nitrogens with zero attached hydrogens (tertiary/aromatic N) is 3. The van der Waals surface area contributed by atoms with E-state index in [4.69, 9.17) is 0 Å². The van der Waals surface area contributed by atoms with Crippen molar-refractivity contribution in [1.29, 1.82) is 0 Å². The van der Waals surface area contributed by atoms with Gasteiger partial charge in [0.25, 0.3) is 11.8 Å². The number of alkyl halides is 6. The number of likely N-dealkylation sites (tertiary alicyclic amines) is 1. The molecule has 1 unspecified atom stereocenters. The summed E-state index contributed by atoms with van der Waals surface area (Å²) in [6.45, 7) is -0.0817. The molecule has 3 saturated heterocycles. The fraction of sp³-hybridized carbons (Fsp3) is 0.318. The van der Waals surface area contributed by atoms with Crippen LogP contribution in [0.15, 0.2) is 48.5 Å². The Hall–Kier alpha value is -3.57. The van der Waals surface area contributed by atoms with Crippen LogP contribution in [0.3, 0.4) is 0 Å². The van der Waals surface area contributed by atoms with Gasteiger partial charge in [-0.15, -0.1) is 0 Å². The monoisotopic (exact) mass is 483 g/mol. The largest absolute Gasteiger partial charge is 0.417 e. The van der Waals surface area contributed by atoms with Gasteiger partial charge in [0.05, 0.1) is 34.5 Å². The third-order valence-electron chi connectivity index (χ3n) is 6.42. The molecule has 3 aliphatic heterocycles. The fourth-order valence-electron chi connectivity index (χ4n) is 5.02. The quantitative estimate of drug-likeness (QED) is 0.476. The summed E-state index contributed by atoms with van der Waals surface area (Å²) in [4.78, 5) is 42.2. The number of hydrogen-bond donors (Lipinski definition) is 0. The minimum Gasteiger partial charge on any atom is -0.331 e.